The Hall–Kier alpha value is -0.530. The van der Waals surface area contributed by atoms with Crippen LogP contribution in [0.15, 0.2) is 12.1 Å². The molecule has 1 unspecified atom stereocenters. The zero-order chi connectivity index (χ0) is 14.4. The standard InChI is InChI=1S/C10H9Cl3N2O3S/c11-6-2-8(13)9(3-7(6)12)15-4-5(1-10(15)16)19(14,17)18/h2-3,5H,1,4H2,(H2,14,17,18). The molecule has 0 bridgehead atoms. The minimum atomic E-state index is -3.77. The fourth-order valence-corrected chi connectivity index (χ4v) is 3.22. The van der Waals surface area contributed by atoms with Crippen molar-refractivity contribution in [3.8, 4) is 0 Å². The van der Waals surface area contributed by atoms with E-state index in [0.29, 0.717) is 5.69 Å². The molecule has 19 heavy (non-hydrogen) atoms. The lowest BCUT2D eigenvalue weighted by molar-refractivity contribution is -0.117. The number of amides is 1. The molecule has 1 aromatic carbocycles. The van der Waals surface area contributed by atoms with Gasteiger partial charge in [0.2, 0.25) is 15.9 Å². The van der Waals surface area contributed by atoms with Crippen molar-refractivity contribution in [3.05, 3.63) is 27.2 Å². The number of primary sulfonamides is 1. The molecule has 0 radical (unpaired) electrons. The molecule has 0 spiro atoms. The van der Waals surface area contributed by atoms with Gasteiger partial charge in [-0.3, -0.25) is 4.79 Å². The number of hydrogen-bond donors (Lipinski definition) is 1. The van der Waals surface area contributed by atoms with E-state index in [1.807, 2.05) is 0 Å². The zero-order valence-corrected chi connectivity index (χ0v) is 12.5. The second-order valence-electron chi connectivity index (χ2n) is 4.14. The van der Waals surface area contributed by atoms with Crippen molar-refractivity contribution in [2.75, 3.05) is 11.4 Å². The number of anilines is 1. The summed E-state index contributed by atoms with van der Waals surface area (Å²) >= 11 is 17.7. The van der Waals surface area contributed by atoms with Crippen LogP contribution in [0, 0.1) is 0 Å². The van der Waals surface area contributed by atoms with E-state index in [1.54, 1.807) is 0 Å². The van der Waals surface area contributed by atoms with Crippen molar-refractivity contribution in [1.29, 1.82) is 0 Å². The van der Waals surface area contributed by atoms with E-state index in [4.69, 9.17) is 39.9 Å². The number of nitrogens with zero attached hydrogens (tertiary/aromatic N) is 1. The molecule has 104 valence electrons. The topological polar surface area (TPSA) is 80.5 Å². The molecule has 1 saturated heterocycles. The van der Waals surface area contributed by atoms with Crippen LogP contribution in [0.3, 0.4) is 0 Å². The lowest BCUT2D eigenvalue weighted by Gasteiger charge is -2.18. The normalized spacial score (nSPS) is 20.1. The number of sulfonamides is 1. The van der Waals surface area contributed by atoms with E-state index in [9.17, 15) is 13.2 Å². The Labute approximate surface area is 125 Å². The lowest BCUT2D eigenvalue weighted by atomic mass is 10.3. The maximum absolute atomic E-state index is 11.9. The van der Waals surface area contributed by atoms with E-state index in [1.165, 1.54) is 17.0 Å². The average Bonchev–Trinajstić information content (AvgIpc) is 2.65. The summed E-state index contributed by atoms with van der Waals surface area (Å²) in [4.78, 5) is 13.1. The van der Waals surface area contributed by atoms with Gasteiger partial charge in [-0.05, 0) is 12.1 Å². The third-order valence-electron chi connectivity index (χ3n) is 2.83. The predicted molar refractivity (Wildman–Crippen MR) is 75.3 cm³/mol. The molecule has 0 saturated carbocycles. The molecule has 2 rings (SSSR count). The molecule has 0 aromatic heterocycles. The van der Waals surface area contributed by atoms with E-state index < -0.39 is 15.3 Å². The van der Waals surface area contributed by atoms with Gasteiger partial charge in [-0.1, -0.05) is 34.8 Å². The van der Waals surface area contributed by atoms with Gasteiger partial charge in [0.05, 0.1) is 20.8 Å². The van der Waals surface area contributed by atoms with Crippen LogP contribution in [0.25, 0.3) is 0 Å². The Morgan fingerprint density at radius 1 is 1.16 bits per heavy atom. The van der Waals surface area contributed by atoms with Crippen molar-refractivity contribution < 1.29 is 13.2 Å². The Kier molecular flexibility index (Phi) is 3.99. The van der Waals surface area contributed by atoms with Crippen LogP contribution in [0.2, 0.25) is 15.1 Å². The van der Waals surface area contributed by atoms with Gasteiger partial charge in [-0.15, -0.1) is 0 Å². The Morgan fingerprint density at radius 3 is 2.26 bits per heavy atom. The number of benzene rings is 1. The number of halogens is 3. The van der Waals surface area contributed by atoms with Gasteiger partial charge in [0.1, 0.15) is 5.25 Å². The SMILES string of the molecule is NS(=O)(=O)C1CC(=O)N(c2cc(Cl)c(Cl)cc2Cl)C1. The molecule has 5 nitrogen and oxygen atoms in total. The summed E-state index contributed by atoms with van der Waals surface area (Å²) < 4.78 is 22.6. The fraction of sp³-hybridized carbons (Fsp3) is 0.300. The highest BCUT2D eigenvalue weighted by Crippen LogP contribution is 2.36. The number of carbonyl (C=O) groups excluding carboxylic acids is 1. The average molecular weight is 344 g/mol. The highest BCUT2D eigenvalue weighted by Gasteiger charge is 2.38. The monoisotopic (exact) mass is 342 g/mol. The summed E-state index contributed by atoms with van der Waals surface area (Å²) in [6.45, 7) is -0.0463. The molecular weight excluding hydrogens is 335 g/mol. The van der Waals surface area contributed by atoms with Crippen molar-refractivity contribution in [2.24, 2.45) is 5.14 Å². The van der Waals surface area contributed by atoms with Gasteiger partial charge in [0.15, 0.2) is 0 Å². The predicted octanol–water partition coefficient (Wildman–Crippen LogP) is 2.04. The molecule has 0 aliphatic carbocycles. The quantitative estimate of drug-likeness (QED) is 0.834. The van der Waals surface area contributed by atoms with Crippen LogP contribution in [-0.4, -0.2) is 26.1 Å². The summed E-state index contributed by atoms with van der Waals surface area (Å²) in [5.74, 6) is -0.376. The molecule has 1 atom stereocenters. The molecule has 2 N–H and O–H groups in total. The second kappa shape index (κ2) is 5.10. The van der Waals surface area contributed by atoms with Crippen LogP contribution >= 0.6 is 34.8 Å². The number of rotatable bonds is 2. The maximum Gasteiger partial charge on any atom is 0.228 e. The minimum Gasteiger partial charge on any atom is -0.309 e. The first kappa shape index (κ1) is 14.9. The van der Waals surface area contributed by atoms with Crippen molar-refractivity contribution in [2.45, 2.75) is 11.7 Å². The van der Waals surface area contributed by atoms with Crippen LogP contribution in [-0.2, 0) is 14.8 Å². The third-order valence-corrected chi connectivity index (χ3v) is 5.10. The largest absolute Gasteiger partial charge is 0.309 e. The third kappa shape index (κ3) is 2.98. The Balaban J connectivity index is 2.39. The highest BCUT2D eigenvalue weighted by atomic mass is 35.5. The Bertz CT molecular complexity index is 648. The molecule has 1 heterocycles. The summed E-state index contributed by atoms with van der Waals surface area (Å²) in [6.07, 6.45) is -0.171. The van der Waals surface area contributed by atoms with Crippen LogP contribution in [0.4, 0.5) is 5.69 Å². The first-order valence-corrected chi connectivity index (χ1v) is 7.91. The number of hydrogen-bond acceptors (Lipinski definition) is 3. The van der Waals surface area contributed by atoms with Crippen molar-refractivity contribution in [1.82, 2.24) is 0 Å². The highest BCUT2D eigenvalue weighted by molar-refractivity contribution is 7.89. The maximum atomic E-state index is 11.9. The Morgan fingerprint density at radius 2 is 1.74 bits per heavy atom. The van der Waals surface area contributed by atoms with Gasteiger partial charge < -0.3 is 4.90 Å². The molecular formula is C10H9Cl3N2O3S. The van der Waals surface area contributed by atoms with Gasteiger partial charge in [-0.2, -0.15) is 0 Å². The molecule has 1 aromatic rings. The van der Waals surface area contributed by atoms with Crippen LogP contribution in [0.5, 0.6) is 0 Å². The fourth-order valence-electron chi connectivity index (χ4n) is 1.85. The van der Waals surface area contributed by atoms with Crippen LogP contribution in [0.1, 0.15) is 6.42 Å². The van der Waals surface area contributed by atoms with Gasteiger partial charge in [0, 0.05) is 13.0 Å². The first-order chi connectivity index (χ1) is 8.70. The molecule has 1 fully saturated rings. The summed E-state index contributed by atoms with van der Waals surface area (Å²) in [7, 11) is -3.77. The molecule has 9 heteroatoms. The van der Waals surface area contributed by atoms with E-state index >= 15 is 0 Å². The molecule has 1 aliphatic heterocycles. The van der Waals surface area contributed by atoms with Crippen molar-refractivity contribution >= 4 is 56.4 Å². The van der Waals surface area contributed by atoms with E-state index in [2.05, 4.69) is 0 Å². The summed E-state index contributed by atoms with van der Waals surface area (Å²) in [5.41, 5.74) is 0.326. The molecule has 1 amide bonds. The zero-order valence-electron chi connectivity index (χ0n) is 9.44. The van der Waals surface area contributed by atoms with Crippen LogP contribution < -0.4 is 10.0 Å². The van der Waals surface area contributed by atoms with E-state index in [-0.39, 0.29) is 33.9 Å². The van der Waals surface area contributed by atoms with E-state index in [0.717, 1.165) is 0 Å². The number of carbonyl (C=O) groups is 1. The summed E-state index contributed by atoms with van der Waals surface area (Å²) in [5, 5.41) is 4.81. The lowest BCUT2D eigenvalue weighted by Crippen LogP contribution is -2.32. The second-order valence-corrected chi connectivity index (χ2v) is 7.20. The van der Waals surface area contributed by atoms with Gasteiger partial charge in [-0.25, -0.2) is 13.6 Å². The first-order valence-electron chi connectivity index (χ1n) is 5.16. The van der Waals surface area contributed by atoms with Gasteiger partial charge in [0.25, 0.3) is 0 Å². The minimum absolute atomic E-state index is 0.0463. The summed E-state index contributed by atoms with van der Waals surface area (Å²) in [6, 6.07) is 2.83. The number of nitrogens with two attached hydrogens (primary N) is 1. The smallest absolute Gasteiger partial charge is 0.228 e. The van der Waals surface area contributed by atoms with Crippen molar-refractivity contribution in [3.63, 3.8) is 0 Å². The van der Waals surface area contributed by atoms with Gasteiger partial charge >= 0.3 is 0 Å². The molecule has 1 aliphatic rings.